The molecule has 0 aromatic carbocycles. The first-order valence-corrected chi connectivity index (χ1v) is 6.52. The molecule has 0 aromatic heterocycles. The van der Waals surface area contributed by atoms with Crippen LogP contribution in [0.3, 0.4) is 0 Å². The Balaban J connectivity index is 2.12. The molecule has 1 saturated carbocycles. The van der Waals surface area contributed by atoms with E-state index in [1.54, 1.807) is 7.11 Å². The van der Waals surface area contributed by atoms with E-state index in [1.807, 2.05) is 4.90 Å². The third kappa shape index (κ3) is 2.80. The van der Waals surface area contributed by atoms with E-state index in [4.69, 9.17) is 10.5 Å². The van der Waals surface area contributed by atoms with Gasteiger partial charge in [-0.3, -0.25) is 4.99 Å². The van der Waals surface area contributed by atoms with Gasteiger partial charge in [0.05, 0.1) is 24.6 Å². The van der Waals surface area contributed by atoms with E-state index in [1.165, 1.54) is 0 Å². The number of rotatable bonds is 3. The third-order valence-electron chi connectivity index (χ3n) is 4.19. The Bertz CT molecular complexity index is 359. The van der Waals surface area contributed by atoms with Gasteiger partial charge < -0.3 is 15.4 Å². The molecule has 19 heavy (non-hydrogen) atoms. The number of alkyl halides is 3. The number of nitrogens with two attached hydrogens (primary N) is 1. The predicted molar refractivity (Wildman–Crippen MR) is 65.8 cm³/mol. The lowest BCUT2D eigenvalue weighted by Gasteiger charge is -2.45. The largest absolute Gasteiger partial charge is 0.391 e. The van der Waals surface area contributed by atoms with E-state index in [0.717, 1.165) is 0 Å². The quantitative estimate of drug-likeness (QED) is 0.856. The molecule has 1 fully saturated rings. The summed E-state index contributed by atoms with van der Waals surface area (Å²) in [7, 11) is 1.56. The van der Waals surface area contributed by atoms with Gasteiger partial charge in [-0.05, 0) is 19.3 Å². The maximum atomic E-state index is 12.9. The molecule has 2 atom stereocenters. The molecule has 4 nitrogen and oxygen atoms in total. The Kier molecular flexibility index (Phi) is 3.94. The molecule has 1 heterocycles. The fourth-order valence-electron chi connectivity index (χ4n) is 3.18. The number of hydrogen-bond donors (Lipinski definition) is 1. The summed E-state index contributed by atoms with van der Waals surface area (Å²) in [5.41, 5.74) is 5.26. The molecule has 0 amide bonds. The molecule has 110 valence electrons. The molecular weight excluding hydrogens is 259 g/mol. The highest BCUT2D eigenvalue weighted by Gasteiger charge is 2.51. The zero-order valence-corrected chi connectivity index (χ0v) is 11.0. The summed E-state index contributed by atoms with van der Waals surface area (Å²) in [6.45, 7) is 1.31. The van der Waals surface area contributed by atoms with Gasteiger partial charge in [-0.15, -0.1) is 0 Å². The number of aliphatic imine (C=N–C) groups is 1. The monoisotopic (exact) mass is 279 g/mol. The van der Waals surface area contributed by atoms with Gasteiger partial charge in [0, 0.05) is 13.7 Å². The second-order valence-electron chi connectivity index (χ2n) is 5.38. The molecule has 0 saturated heterocycles. The first kappa shape index (κ1) is 14.4. The minimum Gasteiger partial charge on any atom is -0.383 e. The fourth-order valence-corrected chi connectivity index (χ4v) is 3.18. The van der Waals surface area contributed by atoms with Gasteiger partial charge in [-0.2, -0.15) is 13.2 Å². The Morgan fingerprint density at radius 3 is 2.89 bits per heavy atom. The number of hydrogen-bond acceptors (Lipinski definition) is 4. The average Bonchev–Trinajstić information content (AvgIpc) is 2.63. The zero-order chi connectivity index (χ0) is 14.1. The zero-order valence-electron chi connectivity index (χ0n) is 11.0. The summed E-state index contributed by atoms with van der Waals surface area (Å²) in [6.07, 6.45) is -2.55. The number of methoxy groups -OCH3 is 1. The molecule has 1 aliphatic heterocycles. The average molecular weight is 279 g/mol. The Labute approximate surface area is 110 Å². The van der Waals surface area contributed by atoms with Crippen molar-refractivity contribution in [3.63, 3.8) is 0 Å². The van der Waals surface area contributed by atoms with Crippen molar-refractivity contribution in [1.82, 2.24) is 4.90 Å². The molecule has 2 aliphatic rings. The Morgan fingerprint density at radius 1 is 1.53 bits per heavy atom. The highest BCUT2D eigenvalue weighted by Crippen LogP contribution is 2.45. The first-order valence-electron chi connectivity index (χ1n) is 6.52. The van der Waals surface area contributed by atoms with E-state index in [-0.39, 0.29) is 12.8 Å². The number of ether oxygens (including phenoxy) is 1. The number of guanidine groups is 1. The van der Waals surface area contributed by atoms with Crippen LogP contribution in [0.25, 0.3) is 0 Å². The van der Waals surface area contributed by atoms with Crippen molar-refractivity contribution in [3.05, 3.63) is 0 Å². The molecule has 2 rings (SSSR count). The lowest BCUT2D eigenvalue weighted by molar-refractivity contribution is -0.191. The van der Waals surface area contributed by atoms with E-state index in [0.29, 0.717) is 38.5 Å². The first-order chi connectivity index (χ1) is 8.89. The van der Waals surface area contributed by atoms with Crippen LogP contribution in [0.1, 0.15) is 25.7 Å². The van der Waals surface area contributed by atoms with Crippen molar-refractivity contribution in [2.45, 2.75) is 37.4 Å². The van der Waals surface area contributed by atoms with Crippen LogP contribution < -0.4 is 5.73 Å². The van der Waals surface area contributed by atoms with Gasteiger partial charge >= 0.3 is 6.18 Å². The van der Waals surface area contributed by atoms with Crippen LogP contribution in [0.5, 0.6) is 0 Å². The van der Waals surface area contributed by atoms with Gasteiger partial charge in [0.1, 0.15) is 0 Å². The smallest absolute Gasteiger partial charge is 0.383 e. The Morgan fingerprint density at radius 2 is 2.26 bits per heavy atom. The molecule has 2 unspecified atom stereocenters. The molecule has 0 aromatic rings. The van der Waals surface area contributed by atoms with Crippen LogP contribution in [0.4, 0.5) is 13.2 Å². The van der Waals surface area contributed by atoms with Gasteiger partial charge in [0.15, 0.2) is 5.96 Å². The van der Waals surface area contributed by atoms with Crippen molar-refractivity contribution in [3.8, 4) is 0 Å². The van der Waals surface area contributed by atoms with Gasteiger partial charge in [0.25, 0.3) is 0 Å². The Hall–Kier alpha value is -0.980. The van der Waals surface area contributed by atoms with Crippen LogP contribution in [-0.4, -0.2) is 49.4 Å². The molecule has 7 heteroatoms. The predicted octanol–water partition coefficient (Wildman–Crippen LogP) is 1.75. The van der Waals surface area contributed by atoms with E-state index in [2.05, 4.69) is 4.99 Å². The summed E-state index contributed by atoms with van der Waals surface area (Å²) in [5.74, 6) is -0.896. The second-order valence-corrected chi connectivity index (χ2v) is 5.38. The molecule has 0 radical (unpaired) electrons. The van der Waals surface area contributed by atoms with E-state index in [9.17, 15) is 13.2 Å². The van der Waals surface area contributed by atoms with E-state index < -0.39 is 17.6 Å². The highest BCUT2D eigenvalue weighted by molar-refractivity contribution is 5.81. The van der Waals surface area contributed by atoms with Gasteiger partial charge in [0.2, 0.25) is 0 Å². The number of nitrogens with zero attached hydrogens (tertiary/aromatic N) is 2. The van der Waals surface area contributed by atoms with Crippen LogP contribution in [0.2, 0.25) is 0 Å². The SMILES string of the molecule is COCCN1C(N)=NCC12CCCC(C(F)(F)F)C2. The lowest BCUT2D eigenvalue weighted by atomic mass is 9.74. The van der Waals surface area contributed by atoms with Crippen molar-refractivity contribution in [1.29, 1.82) is 0 Å². The van der Waals surface area contributed by atoms with Gasteiger partial charge in [-0.1, -0.05) is 6.42 Å². The molecule has 1 spiro atoms. The van der Waals surface area contributed by atoms with Crippen molar-refractivity contribution >= 4 is 5.96 Å². The second kappa shape index (κ2) is 5.19. The highest BCUT2D eigenvalue weighted by atomic mass is 19.4. The molecule has 1 aliphatic carbocycles. The van der Waals surface area contributed by atoms with Crippen molar-refractivity contribution < 1.29 is 17.9 Å². The molecular formula is C12H20F3N3O. The standard InChI is InChI=1S/C12H20F3N3O/c1-19-6-5-18-10(16)17-8-11(18)4-2-3-9(7-11)12(13,14)15/h9H,2-8H2,1H3,(H2,16,17). The van der Waals surface area contributed by atoms with Gasteiger partial charge in [-0.25, -0.2) is 0 Å². The van der Waals surface area contributed by atoms with E-state index >= 15 is 0 Å². The third-order valence-corrected chi connectivity index (χ3v) is 4.19. The maximum Gasteiger partial charge on any atom is 0.391 e. The fraction of sp³-hybridized carbons (Fsp3) is 0.917. The minimum absolute atomic E-state index is 0.0877. The summed E-state index contributed by atoms with van der Waals surface area (Å²) >= 11 is 0. The molecule has 2 N–H and O–H groups in total. The molecule has 0 bridgehead atoms. The van der Waals surface area contributed by atoms with Crippen LogP contribution in [0, 0.1) is 5.92 Å². The number of halogens is 3. The minimum atomic E-state index is -4.13. The topological polar surface area (TPSA) is 50.9 Å². The van der Waals surface area contributed by atoms with Crippen molar-refractivity contribution in [2.75, 3.05) is 26.8 Å². The summed E-state index contributed by atoms with van der Waals surface area (Å²) in [6, 6.07) is 0. The summed E-state index contributed by atoms with van der Waals surface area (Å²) in [4.78, 5) is 5.98. The lowest BCUT2D eigenvalue weighted by Crippen LogP contribution is -2.56. The van der Waals surface area contributed by atoms with Crippen LogP contribution >= 0.6 is 0 Å². The van der Waals surface area contributed by atoms with Crippen molar-refractivity contribution in [2.24, 2.45) is 16.6 Å². The van der Waals surface area contributed by atoms with Crippen LogP contribution in [0.15, 0.2) is 4.99 Å². The van der Waals surface area contributed by atoms with Crippen LogP contribution in [-0.2, 0) is 4.74 Å². The summed E-state index contributed by atoms with van der Waals surface area (Å²) in [5, 5.41) is 0. The normalized spacial score (nSPS) is 31.9. The maximum absolute atomic E-state index is 12.9. The summed E-state index contributed by atoms with van der Waals surface area (Å²) < 4.78 is 43.8.